The van der Waals surface area contributed by atoms with E-state index in [1.807, 2.05) is 48.9 Å². The van der Waals surface area contributed by atoms with E-state index in [2.05, 4.69) is 37.3 Å². The number of aliphatic imine (C=N–C) groups is 1. The highest BCUT2D eigenvalue weighted by atomic mass is 32.1. The van der Waals surface area contributed by atoms with Gasteiger partial charge in [0.25, 0.3) is 5.91 Å². The average molecular weight is 440 g/mol. The number of amides is 1. The molecule has 0 unspecified atom stereocenters. The SMILES string of the molecule is Cc1nnc(CN=C(NCCc2cccc(C(=O)N(C)C)c2)NCc2cccs2)n1C. The van der Waals surface area contributed by atoms with Gasteiger partial charge in [0.15, 0.2) is 11.8 Å². The summed E-state index contributed by atoms with van der Waals surface area (Å²) in [5.74, 6) is 2.39. The van der Waals surface area contributed by atoms with Crippen LogP contribution in [0.4, 0.5) is 0 Å². The molecule has 3 aromatic rings. The Kier molecular flexibility index (Phi) is 7.77. The van der Waals surface area contributed by atoms with Crippen molar-refractivity contribution < 1.29 is 4.79 Å². The van der Waals surface area contributed by atoms with E-state index in [1.165, 1.54) is 4.88 Å². The molecule has 164 valence electrons. The highest BCUT2D eigenvalue weighted by Gasteiger charge is 2.09. The number of carbonyl (C=O) groups is 1. The maximum absolute atomic E-state index is 12.2. The molecule has 0 aliphatic carbocycles. The second-order valence-corrected chi connectivity index (χ2v) is 8.43. The van der Waals surface area contributed by atoms with Gasteiger partial charge in [-0.3, -0.25) is 4.79 Å². The van der Waals surface area contributed by atoms with E-state index in [-0.39, 0.29) is 5.91 Å². The predicted octanol–water partition coefficient (Wildman–Crippen LogP) is 2.36. The van der Waals surface area contributed by atoms with Crippen LogP contribution in [0.1, 0.15) is 32.4 Å². The Morgan fingerprint density at radius 2 is 2.03 bits per heavy atom. The van der Waals surface area contributed by atoms with Crippen molar-refractivity contribution in [3.8, 4) is 0 Å². The number of nitrogens with one attached hydrogen (secondary N) is 2. The Bertz CT molecular complexity index is 1020. The normalized spacial score (nSPS) is 11.4. The van der Waals surface area contributed by atoms with Gasteiger partial charge in [-0.05, 0) is 42.5 Å². The number of aromatic nitrogens is 3. The van der Waals surface area contributed by atoms with Crippen LogP contribution in [0.15, 0.2) is 46.8 Å². The zero-order chi connectivity index (χ0) is 22.2. The predicted molar refractivity (Wildman–Crippen MR) is 124 cm³/mol. The fourth-order valence-electron chi connectivity index (χ4n) is 2.94. The first kappa shape index (κ1) is 22.5. The number of carbonyl (C=O) groups excluding carboxylic acids is 1. The van der Waals surface area contributed by atoms with Gasteiger partial charge >= 0.3 is 0 Å². The summed E-state index contributed by atoms with van der Waals surface area (Å²) in [6.07, 6.45) is 0.775. The fraction of sp³-hybridized carbons (Fsp3) is 0.364. The average Bonchev–Trinajstić information content (AvgIpc) is 3.40. The minimum atomic E-state index is 0.00801. The fourth-order valence-corrected chi connectivity index (χ4v) is 3.58. The third kappa shape index (κ3) is 6.39. The van der Waals surface area contributed by atoms with E-state index >= 15 is 0 Å². The zero-order valence-corrected chi connectivity index (χ0v) is 19.2. The summed E-state index contributed by atoms with van der Waals surface area (Å²) in [7, 11) is 5.46. The molecule has 0 radical (unpaired) electrons. The molecule has 0 spiro atoms. The molecule has 2 heterocycles. The van der Waals surface area contributed by atoms with Crippen LogP contribution < -0.4 is 10.6 Å². The summed E-state index contributed by atoms with van der Waals surface area (Å²) < 4.78 is 1.94. The lowest BCUT2D eigenvalue weighted by Crippen LogP contribution is -2.38. The Labute approximate surface area is 187 Å². The molecule has 0 aliphatic rings. The van der Waals surface area contributed by atoms with Gasteiger partial charge in [0.1, 0.15) is 12.4 Å². The smallest absolute Gasteiger partial charge is 0.253 e. The molecule has 2 N–H and O–H groups in total. The summed E-state index contributed by atoms with van der Waals surface area (Å²) in [4.78, 5) is 19.7. The molecule has 31 heavy (non-hydrogen) atoms. The molecular weight excluding hydrogens is 410 g/mol. The van der Waals surface area contributed by atoms with Crippen LogP contribution in [0.3, 0.4) is 0 Å². The van der Waals surface area contributed by atoms with Crippen LogP contribution in [0.2, 0.25) is 0 Å². The van der Waals surface area contributed by atoms with Gasteiger partial charge in [-0.2, -0.15) is 0 Å². The van der Waals surface area contributed by atoms with E-state index in [9.17, 15) is 4.79 Å². The van der Waals surface area contributed by atoms with Crippen molar-refractivity contribution in [2.75, 3.05) is 20.6 Å². The monoisotopic (exact) mass is 439 g/mol. The largest absolute Gasteiger partial charge is 0.356 e. The molecule has 0 bridgehead atoms. The zero-order valence-electron chi connectivity index (χ0n) is 18.4. The van der Waals surface area contributed by atoms with Gasteiger partial charge in [0.2, 0.25) is 0 Å². The molecule has 8 nitrogen and oxygen atoms in total. The van der Waals surface area contributed by atoms with E-state index < -0.39 is 0 Å². The van der Waals surface area contributed by atoms with Crippen LogP contribution in [0.25, 0.3) is 0 Å². The first-order chi connectivity index (χ1) is 14.9. The van der Waals surface area contributed by atoms with Gasteiger partial charge in [-0.1, -0.05) is 18.2 Å². The number of benzene rings is 1. The lowest BCUT2D eigenvalue weighted by Gasteiger charge is -2.13. The number of guanidine groups is 1. The number of aryl methyl sites for hydroxylation is 1. The first-order valence-corrected chi connectivity index (χ1v) is 11.0. The van der Waals surface area contributed by atoms with Gasteiger partial charge in [-0.15, -0.1) is 21.5 Å². The second kappa shape index (κ2) is 10.7. The third-order valence-corrected chi connectivity index (χ3v) is 5.73. The van der Waals surface area contributed by atoms with E-state index in [4.69, 9.17) is 0 Å². The maximum Gasteiger partial charge on any atom is 0.253 e. The molecule has 0 atom stereocenters. The first-order valence-electron chi connectivity index (χ1n) is 10.1. The lowest BCUT2D eigenvalue weighted by molar-refractivity contribution is 0.0827. The van der Waals surface area contributed by atoms with Crippen molar-refractivity contribution in [3.05, 3.63) is 69.4 Å². The van der Waals surface area contributed by atoms with E-state index in [0.717, 1.165) is 29.6 Å². The van der Waals surface area contributed by atoms with E-state index in [0.29, 0.717) is 25.2 Å². The molecule has 0 fully saturated rings. The Morgan fingerprint density at radius 3 is 2.71 bits per heavy atom. The molecule has 0 aliphatic heterocycles. The molecular formula is C22H29N7OS. The molecule has 0 saturated carbocycles. The van der Waals surface area contributed by atoms with Crippen LogP contribution in [-0.4, -0.2) is 52.2 Å². The molecule has 0 saturated heterocycles. The summed E-state index contributed by atoms with van der Waals surface area (Å²) in [5.41, 5.74) is 1.80. The quantitative estimate of drug-likeness (QED) is 0.416. The molecule has 1 aromatic carbocycles. The number of rotatable bonds is 8. The summed E-state index contributed by atoms with van der Waals surface area (Å²) in [5, 5.41) is 17.1. The number of hydrogen-bond donors (Lipinski definition) is 2. The van der Waals surface area contributed by atoms with Gasteiger partial charge in [-0.25, -0.2) is 4.99 Å². The van der Waals surface area contributed by atoms with Crippen LogP contribution in [0.5, 0.6) is 0 Å². The second-order valence-electron chi connectivity index (χ2n) is 7.40. The molecule has 2 aromatic heterocycles. The van der Waals surface area contributed by atoms with Gasteiger partial charge in [0.05, 0.1) is 6.54 Å². The highest BCUT2D eigenvalue weighted by Crippen LogP contribution is 2.09. The number of thiophene rings is 1. The van der Waals surface area contributed by atoms with Crippen molar-refractivity contribution in [1.29, 1.82) is 0 Å². The third-order valence-electron chi connectivity index (χ3n) is 4.86. The van der Waals surface area contributed by atoms with Crippen LogP contribution in [0, 0.1) is 6.92 Å². The van der Waals surface area contributed by atoms with Gasteiger partial charge in [0, 0.05) is 38.1 Å². The molecule has 3 rings (SSSR count). The standard InChI is InChI=1S/C22H29N7OS/c1-16-26-27-20(29(16)4)15-25-22(24-14-19-9-6-12-31-19)23-11-10-17-7-5-8-18(13-17)21(30)28(2)3/h5-9,12-13H,10-11,14-15H2,1-4H3,(H2,23,24,25). The maximum atomic E-state index is 12.2. The highest BCUT2D eigenvalue weighted by molar-refractivity contribution is 7.09. The molecule has 9 heteroatoms. The van der Waals surface area contributed by atoms with Crippen molar-refractivity contribution in [1.82, 2.24) is 30.3 Å². The van der Waals surface area contributed by atoms with E-state index in [1.54, 1.807) is 30.3 Å². The minimum absolute atomic E-state index is 0.00801. The Hall–Kier alpha value is -3.20. The lowest BCUT2D eigenvalue weighted by atomic mass is 10.1. The van der Waals surface area contributed by atoms with Crippen LogP contribution >= 0.6 is 11.3 Å². The van der Waals surface area contributed by atoms with Crippen LogP contribution in [-0.2, 0) is 26.6 Å². The van der Waals surface area contributed by atoms with Crippen molar-refractivity contribution in [3.63, 3.8) is 0 Å². The van der Waals surface area contributed by atoms with Crippen molar-refractivity contribution in [2.45, 2.75) is 26.4 Å². The topological polar surface area (TPSA) is 87.4 Å². The Balaban J connectivity index is 1.62. The minimum Gasteiger partial charge on any atom is -0.356 e. The van der Waals surface area contributed by atoms with Gasteiger partial charge < -0.3 is 20.1 Å². The number of hydrogen-bond acceptors (Lipinski definition) is 5. The summed E-state index contributed by atoms with van der Waals surface area (Å²) in [6.45, 7) is 3.75. The summed E-state index contributed by atoms with van der Waals surface area (Å²) >= 11 is 1.70. The molecule has 1 amide bonds. The van der Waals surface area contributed by atoms with Crippen molar-refractivity contribution in [2.24, 2.45) is 12.0 Å². The summed E-state index contributed by atoms with van der Waals surface area (Å²) in [6, 6.07) is 11.9. The number of nitrogens with zero attached hydrogens (tertiary/aromatic N) is 5. The van der Waals surface area contributed by atoms with Crippen molar-refractivity contribution >= 4 is 23.2 Å². The Morgan fingerprint density at radius 1 is 1.19 bits per heavy atom.